The minimum absolute atomic E-state index is 0. The van der Waals surface area contributed by atoms with E-state index in [4.69, 9.17) is 0 Å². The van der Waals surface area contributed by atoms with Gasteiger partial charge in [0.05, 0.1) is 0 Å². The van der Waals surface area contributed by atoms with Gasteiger partial charge in [0.15, 0.2) is 0 Å². The molecule has 57 heavy (non-hydrogen) atoms. The fourth-order valence-electron chi connectivity index (χ4n) is 16.6. The third-order valence-electron chi connectivity index (χ3n) is 19.1. The second-order valence-corrected chi connectivity index (χ2v) is 22.0. The van der Waals surface area contributed by atoms with Crippen LogP contribution < -0.4 is 63.8 Å². The second-order valence-electron chi connectivity index (χ2n) is 22.0. The van der Waals surface area contributed by atoms with Gasteiger partial charge in [-0.25, -0.2) is 0 Å². The first-order valence-corrected chi connectivity index (χ1v) is 24.8. The third kappa shape index (κ3) is 6.76. The Hall–Kier alpha value is 0.182. The van der Waals surface area contributed by atoms with Crippen LogP contribution in [-0.4, -0.2) is 145 Å². The molecule has 13 heteroatoms. The minimum atomic E-state index is 0. The molecule has 322 valence electrons. The van der Waals surface area contributed by atoms with Crippen molar-refractivity contribution in [2.75, 3.05) is 0 Å². The van der Waals surface area contributed by atoms with Crippen molar-refractivity contribution in [3.63, 3.8) is 0 Å². The third-order valence-corrected chi connectivity index (χ3v) is 19.1. The Labute approximate surface area is 356 Å². The van der Waals surface area contributed by atoms with Gasteiger partial charge in [0, 0.05) is 165 Å². The molecule has 8 bridgehead atoms. The van der Waals surface area contributed by atoms with Crippen molar-refractivity contribution in [3.8, 4) is 0 Å². The van der Waals surface area contributed by atoms with Crippen LogP contribution in [0.4, 0.5) is 0 Å². The quantitative estimate of drug-likeness (QED) is 0.148. The maximum atomic E-state index is 4.46. The number of hydrogen-bond donors (Lipinski definition) is 12. The summed E-state index contributed by atoms with van der Waals surface area (Å²) in [6.45, 7) is 0. The fourth-order valence-corrected chi connectivity index (χ4v) is 16.6. The molecule has 24 atom stereocenters. The van der Waals surface area contributed by atoms with Gasteiger partial charge in [-0.05, 0) is 77.0 Å². The molecule has 0 aromatic rings. The first-order chi connectivity index (χ1) is 27.7. The summed E-state index contributed by atoms with van der Waals surface area (Å²) in [7, 11) is 0. The van der Waals surface area contributed by atoms with Gasteiger partial charge in [-0.15, -0.1) is 0 Å². The zero-order valence-electron chi connectivity index (χ0n) is 34.3. The van der Waals surface area contributed by atoms with Crippen LogP contribution in [0.1, 0.15) is 128 Å². The summed E-state index contributed by atoms with van der Waals surface area (Å²) in [5.41, 5.74) is 0. The van der Waals surface area contributed by atoms with E-state index >= 15 is 0 Å². The zero-order chi connectivity index (χ0) is 36.5. The van der Waals surface area contributed by atoms with Crippen molar-refractivity contribution in [2.24, 2.45) is 0 Å². The first-order valence-electron chi connectivity index (χ1n) is 24.8. The summed E-state index contributed by atoms with van der Waals surface area (Å²) in [6.07, 6.45) is 26.5. The molecule has 0 amide bonds. The SMILES string of the molecule is C1CCC2NC3C4CC5NC(CC6NC(CC7NC(CC(N4)C3NC2C1)C1NC2CCCCC2NC71)C1NC2CCCCC2NC61)C1NC2CCCCC2NC51.[Pd]. The van der Waals surface area contributed by atoms with E-state index in [1.165, 1.54) is 128 Å². The smallest absolute Gasteiger partial charge is 0.0394 e. The zero-order valence-corrected chi connectivity index (χ0v) is 35.9. The van der Waals surface area contributed by atoms with Gasteiger partial charge in [0.2, 0.25) is 0 Å². The Morgan fingerprint density at radius 1 is 0.175 bits per heavy atom. The first kappa shape index (κ1) is 38.8. The molecule has 0 aromatic carbocycles. The van der Waals surface area contributed by atoms with Gasteiger partial charge < -0.3 is 63.8 Å². The Morgan fingerprint density at radius 2 is 0.316 bits per heavy atom. The average Bonchev–Trinajstić information content (AvgIpc) is 3.95. The Kier molecular flexibility index (Phi) is 10.7. The summed E-state index contributed by atoms with van der Waals surface area (Å²) >= 11 is 0. The molecule has 12 N–H and O–H groups in total. The van der Waals surface area contributed by atoms with Crippen LogP contribution in [0, 0.1) is 0 Å². The largest absolute Gasteiger partial charge is 0.308 e. The molecule has 0 aromatic heterocycles. The van der Waals surface area contributed by atoms with E-state index in [0.29, 0.717) is 145 Å². The topological polar surface area (TPSA) is 144 Å². The fraction of sp³-hybridized carbons (Fsp3) is 1.00. The van der Waals surface area contributed by atoms with Gasteiger partial charge in [0.25, 0.3) is 0 Å². The Bertz CT molecular complexity index is 1140. The van der Waals surface area contributed by atoms with Crippen LogP contribution in [-0.2, 0) is 20.4 Å². The molecule has 0 radical (unpaired) electrons. The van der Waals surface area contributed by atoms with Crippen LogP contribution in [0.2, 0.25) is 0 Å². The van der Waals surface area contributed by atoms with E-state index in [1.807, 2.05) is 0 Å². The Balaban J connectivity index is 0.00000356. The minimum Gasteiger partial charge on any atom is -0.308 e. The van der Waals surface area contributed by atoms with E-state index in [0.717, 1.165) is 0 Å². The molecular formula is C44H76N12Pd. The molecule has 0 spiro atoms. The predicted octanol–water partition coefficient (Wildman–Crippen LogP) is -0.116. The van der Waals surface area contributed by atoms with Crippen molar-refractivity contribution in [1.82, 2.24) is 63.8 Å². The molecule has 9 saturated heterocycles. The van der Waals surface area contributed by atoms with Crippen molar-refractivity contribution >= 4 is 0 Å². The van der Waals surface area contributed by atoms with Gasteiger partial charge in [-0.3, -0.25) is 0 Å². The van der Waals surface area contributed by atoms with Crippen LogP contribution in [0.3, 0.4) is 0 Å². The van der Waals surface area contributed by atoms with E-state index in [2.05, 4.69) is 63.8 Å². The molecule has 4 aliphatic carbocycles. The van der Waals surface area contributed by atoms with E-state index in [-0.39, 0.29) is 20.4 Å². The van der Waals surface area contributed by atoms with Crippen LogP contribution in [0.15, 0.2) is 0 Å². The van der Waals surface area contributed by atoms with E-state index < -0.39 is 0 Å². The molecule has 13 rings (SSSR count). The summed E-state index contributed by atoms with van der Waals surface area (Å²) < 4.78 is 0. The number of nitrogens with one attached hydrogen (secondary N) is 12. The number of piperazine rings is 4. The van der Waals surface area contributed by atoms with Crippen LogP contribution in [0.5, 0.6) is 0 Å². The number of hydrogen-bond acceptors (Lipinski definition) is 12. The van der Waals surface area contributed by atoms with Crippen molar-refractivity contribution in [2.45, 2.75) is 273 Å². The molecule has 9 aliphatic heterocycles. The summed E-state index contributed by atoms with van der Waals surface area (Å²) in [5, 5.41) is 52.9. The standard InChI is InChI=1S/C44H76N12.Pd/c1-2-10-22-21(9-1)49-37-29-17-31-39-41(53-24-12-4-3-11-23(24)51-39)33(46-31)19-35-43-44(56-28-16-8-7-15-27(28)55-43)36(48-35)20-34-42-40(52-25-13-5-6-14-26(25)54-42)32(47-34)18-30(45-29)38(37)50-22;/h21-56H,1-20H2;. The van der Waals surface area contributed by atoms with Crippen molar-refractivity contribution < 1.29 is 20.4 Å². The van der Waals surface area contributed by atoms with Crippen molar-refractivity contribution in [1.29, 1.82) is 0 Å². The van der Waals surface area contributed by atoms with E-state index in [1.54, 1.807) is 0 Å². The van der Waals surface area contributed by atoms with E-state index in [9.17, 15) is 0 Å². The van der Waals surface area contributed by atoms with Gasteiger partial charge in [-0.1, -0.05) is 51.4 Å². The second kappa shape index (κ2) is 15.8. The normalized spacial score (nSPS) is 58.9. The number of fused-ring (bicyclic) bond motifs is 24. The average molecular weight is 880 g/mol. The predicted molar refractivity (Wildman–Crippen MR) is 221 cm³/mol. The van der Waals surface area contributed by atoms with Crippen LogP contribution in [0.25, 0.3) is 0 Å². The Morgan fingerprint density at radius 3 is 0.456 bits per heavy atom. The molecule has 24 unspecified atom stereocenters. The van der Waals surface area contributed by atoms with Gasteiger partial charge >= 0.3 is 0 Å². The maximum absolute atomic E-state index is 4.46. The maximum Gasteiger partial charge on any atom is 0.0394 e. The van der Waals surface area contributed by atoms with Gasteiger partial charge in [0.1, 0.15) is 0 Å². The summed E-state index contributed by atoms with van der Waals surface area (Å²) in [4.78, 5) is 0. The molecular weight excluding hydrogens is 803 g/mol. The monoisotopic (exact) mass is 879 g/mol. The van der Waals surface area contributed by atoms with Gasteiger partial charge in [-0.2, -0.15) is 0 Å². The number of rotatable bonds is 0. The summed E-state index contributed by atoms with van der Waals surface area (Å²) in [6, 6.07) is 12.6. The molecule has 4 saturated carbocycles. The molecule has 9 heterocycles. The molecule has 13 aliphatic rings. The van der Waals surface area contributed by atoms with Crippen LogP contribution >= 0.6 is 0 Å². The van der Waals surface area contributed by atoms with Crippen molar-refractivity contribution in [3.05, 3.63) is 0 Å². The molecule has 12 nitrogen and oxygen atoms in total. The summed E-state index contributed by atoms with van der Waals surface area (Å²) in [5.74, 6) is 0. The molecule has 13 fully saturated rings.